The van der Waals surface area contributed by atoms with Crippen molar-refractivity contribution in [2.24, 2.45) is 0 Å². The van der Waals surface area contributed by atoms with Gasteiger partial charge in [-0.05, 0) is 26.7 Å². The highest BCUT2D eigenvalue weighted by Gasteiger charge is 2.46. The molecule has 1 saturated heterocycles. The number of ether oxygens (including phenoxy) is 2. The summed E-state index contributed by atoms with van der Waals surface area (Å²) >= 11 is 3.57. The Bertz CT molecular complexity index is 153. The molecular formula is C8H13BrO2. The summed E-state index contributed by atoms with van der Waals surface area (Å²) in [6, 6.07) is 0. The van der Waals surface area contributed by atoms with Gasteiger partial charge >= 0.3 is 0 Å². The molecule has 2 rings (SSSR count). The highest BCUT2D eigenvalue weighted by atomic mass is 79.9. The normalized spacial score (nSPS) is 42.8. The van der Waals surface area contributed by atoms with E-state index in [0.717, 1.165) is 12.8 Å². The fourth-order valence-electron chi connectivity index (χ4n) is 1.91. The summed E-state index contributed by atoms with van der Waals surface area (Å²) in [5, 5.41) is 0. The number of hydrogen-bond donors (Lipinski definition) is 0. The summed E-state index contributed by atoms with van der Waals surface area (Å²) < 4.78 is 11.4. The molecule has 2 fully saturated rings. The number of rotatable bonds is 0. The molecule has 0 aromatic heterocycles. The fourth-order valence-corrected chi connectivity index (χ4v) is 2.65. The summed E-state index contributed by atoms with van der Waals surface area (Å²) in [5.74, 6) is -0.345. The second-order valence-corrected chi connectivity index (χ2v) is 5.08. The largest absolute Gasteiger partial charge is 0.345 e. The van der Waals surface area contributed by atoms with Crippen molar-refractivity contribution in [1.29, 1.82) is 0 Å². The Hall–Kier alpha value is 0.400. The molecule has 0 amide bonds. The molecule has 2 nitrogen and oxygen atoms in total. The van der Waals surface area contributed by atoms with Gasteiger partial charge in [-0.2, -0.15) is 0 Å². The first-order chi connectivity index (χ1) is 5.07. The Labute approximate surface area is 75.4 Å². The number of halogens is 1. The Morgan fingerprint density at radius 1 is 1.18 bits per heavy atom. The van der Waals surface area contributed by atoms with E-state index in [2.05, 4.69) is 15.9 Å². The van der Waals surface area contributed by atoms with E-state index in [9.17, 15) is 0 Å². The summed E-state index contributed by atoms with van der Waals surface area (Å²) in [4.78, 5) is 0.591. The number of hydrogen-bond acceptors (Lipinski definition) is 2. The lowest BCUT2D eigenvalue weighted by atomic mass is 10.3. The lowest BCUT2D eigenvalue weighted by Gasteiger charge is -2.18. The minimum Gasteiger partial charge on any atom is -0.345 e. The Morgan fingerprint density at radius 3 is 2.09 bits per heavy atom. The third kappa shape index (κ3) is 1.46. The van der Waals surface area contributed by atoms with Gasteiger partial charge < -0.3 is 9.47 Å². The van der Waals surface area contributed by atoms with Gasteiger partial charge in [0, 0.05) is 4.83 Å². The second kappa shape index (κ2) is 2.44. The summed E-state index contributed by atoms with van der Waals surface area (Å²) in [6.45, 7) is 3.96. The molecule has 11 heavy (non-hydrogen) atoms. The van der Waals surface area contributed by atoms with Crippen molar-refractivity contribution < 1.29 is 9.47 Å². The zero-order valence-electron chi connectivity index (χ0n) is 6.84. The number of alkyl halides is 1. The Morgan fingerprint density at radius 2 is 1.64 bits per heavy atom. The molecule has 1 aliphatic heterocycles. The van der Waals surface area contributed by atoms with E-state index in [-0.39, 0.29) is 5.79 Å². The molecule has 0 N–H and O–H groups in total. The van der Waals surface area contributed by atoms with Gasteiger partial charge in [0.05, 0.1) is 12.2 Å². The Balaban J connectivity index is 2.04. The summed E-state index contributed by atoms with van der Waals surface area (Å²) in [5.41, 5.74) is 0. The van der Waals surface area contributed by atoms with Crippen molar-refractivity contribution in [3.63, 3.8) is 0 Å². The molecule has 2 aliphatic rings. The van der Waals surface area contributed by atoms with Gasteiger partial charge in [0.1, 0.15) is 0 Å². The van der Waals surface area contributed by atoms with Gasteiger partial charge in [-0.15, -0.1) is 0 Å². The molecule has 0 radical (unpaired) electrons. The maximum Gasteiger partial charge on any atom is 0.163 e. The SMILES string of the molecule is CC1(C)O[C@H]2CC(Br)C[C@@H]2O1. The van der Waals surface area contributed by atoms with Gasteiger partial charge in [-0.25, -0.2) is 0 Å². The number of fused-ring (bicyclic) bond motifs is 1. The van der Waals surface area contributed by atoms with E-state index in [0.29, 0.717) is 17.0 Å². The van der Waals surface area contributed by atoms with Crippen LogP contribution in [-0.2, 0) is 9.47 Å². The van der Waals surface area contributed by atoms with Crippen LogP contribution in [-0.4, -0.2) is 22.8 Å². The summed E-state index contributed by atoms with van der Waals surface area (Å²) in [6.07, 6.45) is 2.84. The topological polar surface area (TPSA) is 18.5 Å². The maximum absolute atomic E-state index is 5.69. The first-order valence-electron chi connectivity index (χ1n) is 4.06. The zero-order chi connectivity index (χ0) is 8.06. The highest BCUT2D eigenvalue weighted by Crippen LogP contribution is 2.40. The minimum absolute atomic E-state index is 0.328. The van der Waals surface area contributed by atoms with Crippen molar-refractivity contribution in [1.82, 2.24) is 0 Å². The lowest BCUT2D eigenvalue weighted by Crippen LogP contribution is -2.22. The molecule has 0 aromatic carbocycles. The molecule has 3 heteroatoms. The van der Waals surface area contributed by atoms with E-state index in [1.165, 1.54) is 0 Å². The van der Waals surface area contributed by atoms with Crippen LogP contribution in [0.5, 0.6) is 0 Å². The van der Waals surface area contributed by atoms with E-state index in [1.54, 1.807) is 0 Å². The van der Waals surface area contributed by atoms with Crippen molar-refractivity contribution >= 4 is 15.9 Å². The van der Waals surface area contributed by atoms with Crippen LogP contribution in [0.3, 0.4) is 0 Å². The van der Waals surface area contributed by atoms with Crippen LogP contribution in [0.1, 0.15) is 26.7 Å². The van der Waals surface area contributed by atoms with Gasteiger partial charge in [0.2, 0.25) is 0 Å². The molecule has 0 spiro atoms. The van der Waals surface area contributed by atoms with Crippen LogP contribution in [0.4, 0.5) is 0 Å². The molecule has 1 heterocycles. The zero-order valence-corrected chi connectivity index (χ0v) is 8.43. The summed E-state index contributed by atoms with van der Waals surface area (Å²) in [7, 11) is 0. The third-order valence-electron chi connectivity index (χ3n) is 2.26. The minimum atomic E-state index is -0.345. The molecule has 64 valence electrons. The maximum atomic E-state index is 5.69. The highest BCUT2D eigenvalue weighted by molar-refractivity contribution is 9.09. The molecule has 0 unspecified atom stereocenters. The van der Waals surface area contributed by atoms with Gasteiger partial charge in [0.25, 0.3) is 0 Å². The van der Waals surface area contributed by atoms with Crippen molar-refractivity contribution in [3.8, 4) is 0 Å². The third-order valence-corrected chi connectivity index (χ3v) is 3.01. The van der Waals surface area contributed by atoms with Gasteiger partial charge in [-0.1, -0.05) is 15.9 Å². The van der Waals surface area contributed by atoms with E-state index in [4.69, 9.17) is 9.47 Å². The van der Waals surface area contributed by atoms with Crippen molar-refractivity contribution in [2.75, 3.05) is 0 Å². The average molecular weight is 221 g/mol. The molecule has 1 aliphatic carbocycles. The van der Waals surface area contributed by atoms with Crippen molar-refractivity contribution in [3.05, 3.63) is 0 Å². The average Bonchev–Trinajstić information content (AvgIpc) is 2.17. The molecule has 0 bridgehead atoms. The van der Waals surface area contributed by atoms with Crippen LogP contribution in [0, 0.1) is 0 Å². The monoisotopic (exact) mass is 220 g/mol. The van der Waals surface area contributed by atoms with E-state index >= 15 is 0 Å². The fraction of sp³-hybridized carbons (Fsp3) is 1.00. The van der Waals surface area contributed by atoms with Crippen molar-refractivity contribution in [2.45, 2.75) is 49.5 Å². The van der Waals surface area contributed by atoms with Crippen LogP contribution < -0.4 is 0 Å². The second-order valence-electron chi connectivity index (χ2n) is 3.78. The van der Waals surface area contributed by atoms with E-state index < -0.39 is 0 Å². The molecule has 0 aromatic rings. The quantitative estimate of drug-likeness (QED) is 0.583. The first kappa shape index (κ1) is 8.02. The standard InChI is InChI=1S/C8H13BrO2/c1-8(2)10-6-3-5(9)4-7(6)11-8/h5-7H,3-4H2,1-2H3/t6-,7-/m0/s1. The van der Waals surface area contributed by atoms with Gasteiger partial charge in [0.15, 0.2) is 5.79 Å². The predicted molar refractivity (Wildman–Crippen MR) is 45.8 cm³/mol. The van der Waals surface area contributed by atoms with E-state index in [1.807, 2.05) is 13.8 Å². The lowest BCUT2D eigenvalue weighted by molar-refractivity contribution is -0.150. The smallest absolute Gasteiger partial charge is 0.163 e. The van der Waals surface area contributed by atoms with Gasteiger partial charge in [-0.3, -0.25) is 0 Å². The predicted octanol–water partition coefficient (Wildman–Crippen LogP) is 2.06. The molecular weight excluding hydrogens is 208 g/mol. The molecule has 1 saturated carbocycles. The van der Waals surface area contributed by atoms with Crippen LogP contribution >= 0.6 is 15.9 Å². The van der Waals surface area contributed by atoms with Crippen LogP contribution in [0.2, 0.25) is 0 Å². The van der Waals surface area contributed by atoms with Crippen LogP contribution in [0.15, 0.2) is 0 Å². The van der Waals surface area contributed by atoms with Crippen LogP contribution in [0.25, 0.3) is 0 Å². The Kier molecular flexibility index (Phi) is 1.78. The first-order valence-corrected chi connectivity index (χ1v) is 4.98. The molecule has 2 atom stereocenters.